The molecule has 3 heterocycles. The highest BCUT2D eigenvalue weighted by Gasteiger charge is 2.31. The molecule has 10 heteroatoms. The molecule has 0 radical (unpaired) electrons. The number of nitrogens with one attached hydrogen (secondary N) is 1. The number of morpholine rings is 1. The fraction of sp³-hybridized carbons (Fsp3) is 0.333. The van der Waals surface area contributed by atoms with Crippen molar-refractivity contribution in [3.05, 3.63) is 63.6 Å². The fourth-order valence-electron chi connectivity index (χ4n) is 3.59. The lowest BCUT2D eigenvalue weighted by molar-refractivity contribution is 0.0730. The molecule has 1 aliphatic heterocycles. The first-order valence-electron chi connectivity index (χ1n) is 9.93. The molecule has 1 N–H and O–H groups in total. The van der Waals surface area contributed by atoms with Gasteiger partial charge in [0.1, 0.15) is 9.77 Å². The maximum atomic E-state index is 13.0. The van der Waals surface area contributed by atoms with E-state index in [9.17, 15) is 13.2 Å². The van der Waals surface area contributed by atoms with Crippen molar-refractivity contribution >= 4 is 27.3 Å². The third-order valence-electron chi connectivity index (χ3n) is 5.29. The SMILES string of the molecule is Cc1nn(-c2ccccc2)c(C)c1CNC(=O)c1sccc1S(=O)(=O)N1CCOCC1. The molecule has 4 rings (SSSR count). The van der Waals surface area contributed by atoms with Gasteiger partial charge < -0.3 is 10.1 Å². The minimum atomic E-state index is -3.74. The Morgan fingerprint density at radius 1 is 1.16 bits per heavy atom. The van der Waals surface area contributed by atoms with Gasteiger partial charge in [-0.1, -0.05) is 18.2 Å². The molecule has 164 valence electrons. The van der Waals surface area contributed by atoms with Crippen LogP contribution in [0.15, 0.2) is 46.7 Å². The van der Waals surface area contributed by atoms with E-state index in [0.717, 1.165) is 34.0 Å². The van der Waals surface area contributed by atoms with Gasteiger partial charge in [0.15, 0.2) is 0 Å². The van der Waals surface area contributed by atoms with Gasteiger partial charge in [0.2, 0.25) is 10.0 Å². The second kappa shape index (κ2) is 8.91. The minimum absolute atomic E-state index is 0.0466. The van der Waals surface area contributed by atoms with E-state index in [2.05, 4.69) is 10.4 Å². The van der Waals surface area contributed by atoms with Crippen LogP contribution in [0, 0.1) is 13.8 Å². The topological polar surface area (TPSA) is 93.5 Å². The molecule has 0 unspecified atom stereocenters. The van der Waals surface area contributed by atoms with Crippen LogP contribution >= 0.6 is 11.3 Å². The van der Waals surface area contributed by atoms with Gasteiger partial charge in [-0.2, -0.15) is 9.40 Å². The Morgan fingerprint density at radius 3 is 2.58 bits per heavy atom. The molecule has 1 aliphatic rings. The number of rotatable bonds is 6. The van der Waals surface area contributed by atoms with Crippen LogP contribution < -0.4 is 5.32 Å². The second-order valence-electron chi connectivity index (χ2n) is 7.21. The molecule has 1 amide bonds. The van der Waals surface area contributed by atoms with E-state index in [4.69, 9.17) is 4.74 Å². The number of hydrogen-bond acceptors (Lipinski definition) is 6. The number of nitrogens with zero attached hydrogens (tertiary/aromatic N) is 3. The molecule has 0 spiro atoms. The van der Waals surface area contributed by atoms with Crippen LogP contribution in [0.2, 0.25) is 0 Å². The van der Waals surface area contributed by atoms with Gasteiger partial charge in [-0.25, -0.2) is 13.1 Å². The third kappa shape index (κ3) is 4.29. The first-order valence-corrected chi connectivity index (χ1v) is 12.3. The summed E-state index contributed by atoms with van der Waals surface area (Å²) in [6.45, 7) is 5.40. The predicted octanol–water partition coefficient (Wildman–Crippen LogP) is 2.50. The van der Waals surface area contributed by atoms with Gasteiger partial charge in [0.05, 0.1) is 24.6 Å². The molecule has 8 nitrogen and oxygen atoms in total. The van der Waals surface area contributed by atoms with Gasteiger partial charge in [0, 0.05) is 30.9 Å². The zero-order chi connectivity index (χ0) is 22.0. The summed E-state index contributed by atoms with van der Waals surface area (Å²) < 4.78 is 34.5. The first-order chi connectivity index (χ1) is 14.9. The van der Waals surface area contributed by atoms with Crippen molar-refractivity contribution in [2.45, 2.75) is 25.3 Å². The van der Waals surface area contributed by atoms with Crippen molar-refractivity contribution in [3.8, 4) is 5.69 Å². The molecule has 0 bridgehead atoms. The molecule has 31 heavy (non-hydrogen) atoms. The molecular weight excluding hydrogens is 436 g/mol. The quantitative estimate of drug-likeness (QED) is 0.610. The van der Waals surface area contributed by atoms with Crippen LogP contribution in [-0.2, 0) is 21.3 Å². The number of benzene rings is 1. The lowest BCUT2D eigenvalue weighted by Crippen LogP contribution is -2.41. The summed E-state index contributed by atoms with van der Waals surface area (Å²) >= 11 is 1.12. The first kappa shape index (κ1) is 21.7. The molecule has 2 aromatic heterocycles. The van der Waals surface area contributed by atoms with E-state index < -0.39 is 15.9 Å². The molecule has 0 atom stereocenters. The molecule has 3 aromatic rings. The standard InChI is InChI=1S/C21H24N4O4S2/c1-15-18(16(2)25(23-15)17-6-4-3-5-7-17)14-22-21(26)20-19(8-13-30-20)31(27,28)24-9-11-29-12-10-24/h3-8,13H,9-12,14H2,1-2H3,(H,22,26). The van der Waals surface area contributed by atoms with Crippen LogP contribution in [0.4, 0.5) is 0 Å². The Balaban J connectivity index is 1.52. The number of amides is 1. The lowest BCUT2D eigenvalue weighted by Gasteiger charge is -2.26. The Kier molecular flexibility index (Phi) is 6.24. The van der Waals surface area contributed by atoms with E-state index >= 15 is 0 Å². The summed E-state index contributed by atoms with van der Waals surface area (Å²) in [5, 5.41) is 9.10. The number of para-hydroxylation sites is 1. The van der Waals surface area contributed by atoms with Crippen molar-refractivity contribution in [1.82, 2.24) is 19.4 Å². The molecule has 1 aromatic carbocycles. The third-order valence-corrected chi connectivity index (χ3v) is 8.27. The van der Waals surface area contributed by atoms with Gasteiger partial charge in [-0.05, 0) is 37.4 Å². The van der Waals surface area contributed by atoms with Crippen molar-refractivity contribution < 1.29 is 17.9 Å². The average molecular weight is 461 g/mol. The van der Waals surface area contributed by atoms with Gasteiger partial charge in [-0.3, -0.25) is 4.79 Å². The predicted molar refractivity (Wildman–Crippen MR) is 118 cm³/mol. The maximum Gasteiger partial charge on any atom is 0.263 e. The Bertz CT molecular complexity index is 1180. The summed E-state index contributed by atoms with van der Waals surface area (Å²) in [6, 6.07) is 11.3. The zero-order valence-electron chi connectivity index (χ0n) is 17.4. The Morgan fingerprint density at radius 2 is 1.87 bits per heavy atom. The molecule has 1 saturated heterocycles. The molecular formula is C21H24N4O4S2. The summed E-state index contributed by atoms with van der Waals surface area (Å²) in [6.07, 6.45) is 0. The molecule has 0 aliphatic carbocycles. The largest absolute Gasteiger partial charge is 0.379 e. The van der Waals surface area contributed by atoms with E-state index in [-0.39, 0.29) is 29.4 Å². The number of carbonyl (C=O) groups excluding carboxylic acids is 1. The van der Waals surface area contributed by atoms with Gasteiger partial charge >= 0.3 is 0 Å². The molecule has 0 saturated carbocycles. The normalized spacial score (nSPS) is 15.2. The zero-order valence-corrected chi connectivity index (χ0v) is 19.0. The van der Waals surface area contributed by atoms with E-state index in [1.807, 2.05) is 48.9 Å². The fourth-order valence-corrected chi connectivity index (χ4v) is 6.32. The Hall–Kier alpha value is -2.53. The monoisotopic (exact) mass is 460 g/mol. The number of aromatic nitrogens is 2. The minimum Gasteiger partial charge on any atom is -0.379 e. The van der Waals surface area contributed by atoms with Crippen LogP contribution in [0.3, 0.4) is 0 Å². The van der Waals surface area contributed by atoms with Crippen LogP contribution in [-0.4, -0.2) is 54.7 Å². The Labute approximate surface area is 185 Å². The number of ether oxygens (including phenoxy) is 1. The highest BCUT2D eigenvalue weighted by atomic mass is 32.2. The van der Waals surface area contributed by atoms with Crippen molar-refractivity contribution in [3.63, 3.8) is 0 Å². The van der Waals surface area contributed by atoms with Crippen LogP contribution in [0.25, 0.3) is 5.69 Å². The smallest absolute Gasteiger partial charge is 0.263 e. The number of hydrogen-bond donors (Lipinski definition) is 1. The highest BCUT2D eigenvalue weighted by molar-refractivity contribution is 7.89. The lowest BCUT2D eigenvalue weighted by atomic mass is 10.2. The highest BCUT2D eigenvalue weighted by Crippen LogP contribution is 2.26. The average Bonchev–Trinajstić information content (AvgIpc) is 3.39. The summed E-state index contributed by atoms with van der Waals surface area (Å²) in [4.78, 5) is 13.1. The second-order valence-corrected chi connectivity index (χ2v) is 10.0. The maximum absolute atomic E-state index is 13.0. The van der Waals surface area contributed by atoms with E-state index in [1.54, 1.807) is 5.38 Å². The van der Waals surface area contributed by atoms with Crippen molar-refractivity contribution in [2.75, 3.05) is 26.3 Å². The summed E-state index contributed by atoms with van der Waals surface area (Å²) in [5.74, 6) is -0.409. The molecule has 1 fully saturated rings. The number of aryl methyl sites for hydroxylation is 1. The van der Waals surface area contributed by atoms with Crippen LogP contribution in [0.5, 0.6) is 0 Å². The number of sulfonamides is 1. The van der Waals surface area contributed by atoms with Crippen LogP contribution in [0.1, 0.15) is 26.6 Å². The van der Waals surface area contributed by atoms with Gasteiger partial charge in [-0.15, -0.1) is 11.3 Å². The number of carbonyl (C=O) groups is 1. The van der Waals surface area contributed by atoms with Gasteiger partial charge in [0.25, 0.3) is 5.91 Å². The van der Waals surface area contributed by atoms with Crippen molar-refractivity contribution in [1.29, 1.82) is 0 Å². The van der Waals surface area contributed by atoms with Crippen molar-refractivity contribution in [2.24, 2.45) is 0 Å². The van der Waals surface area contributed by atoms with E-state index in [1.165, 1.54) is 10.4 Å². The summed E-state index contributed by atoms with van der Waals surface area (Å²) in [5.41, 5.74) is 3.59. The number of thiophene rings is 1. The van der Waals surface area contributed by atoms with E-state index in [0.29, 0.717) is 13.2 Å². The summed E-state index contributed by atoms with van der Waals surface area (Å²) in [7, 11) is -3.74.